The van der Waals surface area contributed by atoms with E-state index in [0.717, 1.165) is 18.2 Å². The highest BCUT2D eigenvalue weighted by atomic mass is 19.1. The molecule has 1 rings (SSSR count). The molecule has 0 unspecified atom stereocenters. The van der Waals surface area contributed by atoms with Crippen LogP contribution in [0.2, 0.25) is 0 Å². The van der Waals surface area contributed by atoms with E-state index in [0.29, 0.717) is 0 Å². The Balaban J connectivity index is 3.29. The van der Waals surface area contributed by atoms with Crippen molar-refractivity contribution >= 4 is 11.5 Å². The topological polar surface area (TPSA) is 60.2 Å². The van der Waals surface area contributed by atoms with Gasteiger partial charge in [0.15, 0.2) is 5.78 Å². The van der Waals surface area contributed by atoms with Gasteiger partial charge in [0.2, 0.25) is 0 Å². The van der Waals surface area contributed by atoms with Crippen LogP contribution in [0.3, 0.4) is 0 Å². The fourth-order valence-electron chi connectivity index (χ4n) is 1.18. The number of benzene rings is 1. The minimum Gasteiger partial charge on any atom is -0.294 e. The smallest absolute Gasteiger partial charge is 0.283 e. The van der Waals surface area contributed by atoms with Gasteiger partial charge in [-0.2, -0.15) is 0 Å². The van der Waals surface area contributed by atoms with Crippen LogP contribution in [-0.2, 0) is 0 Å². The van der Waals surface area contributed by atoms with Crippen molar-refractivity contribution in [2.75, 3.05) is 0 Å². The maximum atomic E-state index is 12.8. The van der Waals surface area contributed by atoms with Crippen molar-refractivity contribution in [2.45, 2.75) is 13.8 Å². The summed E-state index contributed by atoms with van der Waals surface area (Å²) in [7, 11) is 0. The second-order valence-corrected chi connectivity index (χ2v) is 3.44. The van der Waals surface area contributed by atoms with E-state index < -0.39 is 16.4 Å². The molecule has 80 valence electrons. The summed E-state index contributed by atoms with van der Waals surface area (Å²) >= 11 is 0. The monoisotopic (exact) mass is 211 g/mol. The van der Waals surface area contributed by atoms with Gasteiger partial charge < -0.3 is 0 Å². The largest absolute Gasteiger partial charge is 0.294 e. The van der Waals surface area contributed by atoms with Crippen LogP contribution in [0, 0.1) is 21.8 Å². The first kappa shape index (κ1) is 11.3. The lowest BCUT2D eigenvalue weighted by Gasteiger charge is -2.04. The predicted octanol–water partition coefficient (Wildman–Crippen LogP) is 2.57. The highest BCUT2D eigenvalue weighted by Crippen LogP contribution is 2.22. The van der Waals surface area contributed by atoms with E-state index in [1.165, 1.54) is 0 Å². The molecule has 0 saturated carbocycles. The predicted molar refractivity (Wildman–Crippen MR) is 52.2 cm³/mol. The Hall–Kier alpha value is -1.78. The summed E-state index contributed by atoms with van der Waals surface area (Å²) in [4.78, 5) is 21.4. The standard InChI is InChI=1S/C10H10FNO3/c1-6(2)10(13)8-4-3-7(11)5-9(8)12(14)15/h3-6H,1-2H3. The van der Waals surface area contributed by atoms with Crippen LogP contribution in [0.4, 0.5) is 10.1 Å². The molecule has 0 aromatic heterocycles. The Bertz CT molecular complexity index is 415. The lowest BCUT2D eigenvalue weighted by Crippen LogP contribution is -2.10. The Labute approximate surface area is 85.9 Å². The molecule has 5 heteroatoms. The Kier molecular flexibility index (Phi) is 3.14. The lowest BCUT2D eigenvalue weighted by molar-refractivity contribution is -0.385. The van der Waals surface area contributed by atoms with E-state index in [1.54, 1.807) is 13.8 Å². The first-order chi connectivity index (χ1) is 6.93. The van der Waals surface area contributed by atoms with Crippen molar-refractivity contribution in [3.63, 3.8) is 0 Å². The molecule has 0 atom stereocenters. The second-order valence-electron chi connectivity index (χ2n) is 3.44. The van der Waals surface area contributed by atoms with Crippen LogP contribution >= 0.6 is 0 Å². The van der Waals surface area contributed by atoms with Gasteiger partial charge >= 0.3 is 0 Å². The van der Waals surface area contributed by atoms with Crippen molar-refractivity contribution < 1.29 is 14.1 Å². The Morgan fingerprint density at radius 1 is 1.47 bits per heavy atom. The van der Waals surface area contributed by atoms with E-state index in [1.807, 2.05) is 0 Å². The molecule has 1 aromatic rings. The van der Waals surface area contributed by atoms with Crippen molar-refractivity contribution in [3.8, 4) is 0 Å². The van der Waals surface area contributed by atoms with Crippen LogP contribution < -0.4 is 0 Å². The van der Waals surface area contributed by atoms with E-state index in [4.69, 9.17) is 0 Å². The molecule has 15 heavy (non-hydrogen) atoms. The highest BCUT2D eigenvalue weighted by Gasteiger charge is 2.22. The van der Waals surface area contributed by atoms with Gasteiger partial charge in [-0.25, -0.2) is 4.39 Å². The van der Waals surface area contributed by atoms with Crippen molar-refractivity contribution in [1.29, 1.82) is 0 Å². The summed E-state index contributed by atoms with van der Waals surface area (Å²) in [6.07, 6.45) is 0. The number of carbonyl (C=O) groups excluding carboxylic acids is 1. The summed E-state index contributed by atoms with van der Waals surface area (Å²) in [6, 6.07) is 2.95. The average Bonchev–Trinajstić information content (AvgIpc) is 2.16. The molecule has 0 amide bonds. The molecule has 0 aliphatic heterocycles. The normalized spacial score (nSPS) is 10.4. The number of carbonyl (C=O) groups is 1. The molecule has 0 bridgehead atoms. The van der Waals surface area contributed by atoms with Gasteiger partial charge in [-0.15, -0.1) is 0 Å². The van der Waals surface area contributed by atoms with Crippen LogP contribution in [0.25, 0.3) is 0 Å². The summed E-state index contributed by atoms with van der Waals surface area (Å²) in [5.74, 6) is -1.43. The number of Topliss-reactive ketones (excluding diaryl/α,β-unsaturated/α-hetero) is 1. The fourth-order valence-corrected chi connectivity index (χ4v) is 1.18. The zero-order valence-corrected chi connectivity index (χ0v) is 8.36. The molecule has 0 radical (unpaired) electrons. The maximum Gasteiger partial charge on any atom is 0.283 e. The first-order valence-corrected chi connectivity index (χ1v) is 4.41. The van der Waals surface area contributed by atoms with Gasteiger partial charge in [-0.3, -0.25) is 14.9 Å². The van der Waals surface area contributed by atoms with Crippen LogP contribution in [0.15, 0.2) is 18.2 Å². The zero-order valence-electron chi connectivity index (χ0n) is 8.36. The molecule has 0 aliphatic rings. The van der Waals surface area contributed by atoms with E-state index in [2.05, 4.69) is 0 Å². The van der Waals surface area contributed by atoms with Crippen molar-refractivity contribution in [3.05, 3.63) is 39.7 Å². The van der Waals surface area contributed by atoms with Gasteiger partial charge in [-0.05, 0) is 12.1 Å². The molecular formula is C10H10FNO3. The molecule has 0 heterocycles. The molecule has 4 nitrogen and oxygen atoms in total. The SMILES string of the molecule is CC(C)C(=O)c1ccc(F)cc1[N+](=O)[O-]. The number of hydrogen-bond acceptors (Lipinski definition) is 3. The summed E-state index contributed by atoms with van der Waals surface area (Å²) in [5.41, 5.74) is -0.523. The van der Waals surface area contributed by atoms with Crippen LogP contribution in [-0.4, -0.2) is 10.7 Å². The number of nitro benzene ring substituents is 1. The highest BCUT2D eigenvalue weighted by molar-refractivity contribution is 6.00. The molecular weight excluding hydrogens is 201 g/mol. The maximum absolute atomic E-state index is 12.8. The van der Waals surface area contributed by atoms with Gasteiger partial charge in [-0.1, -0.05) is 13.8 Å². The number of nitro groups is 1. The minimum absolute atomic E-state index is 0.0450. The minimum atomic E-state index is -0.751. The third kappa shape index (κ3) is 2.37. The lowest BCUT2D eigenvalue weighted by atomic mass is 9.99. The number of ketones is 1. The van der Waals surface area contributed by atoms with Crippen molar-refractivity contribution in [2.24, 2.45) is 5.92 Å². The molecule has 0 spiro atoms. The van der Waals surface area contributed by atoms with Crippen LogP contribution in [0.5, 0.6) is 0 Å². The Morgan fingerprint density at radius 3 is 2.53 bits per heavy atom. The second kappa shape index (κ2) is 4.16. The summed E-state index contributed by atoms with van der Waals surface area (Å²) in [6.45, 7) is 3.27. The number of rotatable bonds is 3. The summed E-state index contributed by atoms with van der Waals surface area (Å²) < 4.78 is 12.8. The van der Waals surface area contributed by atoms with Gasteiger partial charge in [0.25, 0.3) is 5.69 Å². The average molecular weight is 211 g/mol. The third-order valence-corrected chi connectivity index (χ3v) is 1.95. The molecule has 0 aliphatic carbocycles. The molecule has 0 saturated heterocycles. The summed E-state index contributed by atoms with van der Waals surface area (Å²) in [5, 5.41) is 10.6. The zero-order chi connectivity index (χ0) is 11.6. The first-order valence-electron chi connectivity index (χ1n) is 4.41. The van der Waals surface area contributed by atoms with Gasteiger partial charge in [0, 0.05) is 5.92 Å². The quantitative estimate of drug-likeness (QED) is 0.438. The van der Waals surface area contributed by atoms with E-state index in [-0.39, 0.29) is 17.3 Å². The Morgan fingerprint density at radius 2 is 2.07 bits per heavy atom. The van der Waals surface area contributed by atoms with E-state index >= 15 is 0 Å². The molecule has 0 N–H and O–H groups in total. The van der Waals surface area contributed by atoms with Gasteiger partial charge in [0.05, 0.1) is 16.6 Å². The van der Waals surface area contributed by atoms with E-state index in [9.17, 15) is 19.3 Å². The third-order valence-electron chi connectivity index (χ3n) is 1.95. The number of hydrogen-bond donors (Lipinski definition) is 0. The fraction of sp³-hybridized carbons (Fsp3) is 0.300. The van der Waals surface area contributed by atoms with Crippen molar-refractivity contribution in [1.82, 2.24) is 0 Å². The molecule has 1 aromatic carbocycles. The van der Waals surface area contributed by atoms with Crippen LogP contribution in [0.1, 0.15) is 24.2 Å². The molecule has 0 fully saturated rings. The number of halogens is 1. The number of nitrogens with zero attached hydrogens (tertiary/aromatic N) is 1. The van der Waals surface area contributed by atoms with Gasteiger partial charge in [0.1, 0.15) is 5.82 Å².